The van der Waals surface area contributed by atoms with Gasteiger partial charge in [-0.05, 0) is 57.2 Å². The second-order valence-electron chi connectivity index (χ2n) is 3.99. The monoisotopic (exact) mass is 341 g/mol. The molecule has 1 aromatic carbocycles. The van der Waals surface area contributed by atoms with Gasteiger partial charge in [-0.3, -0.25) is 0 Å². The molecule has 0 radical (unpaired) electrons. The summed E-state index contributed by atoms with van der Waals surface area (Å²) < 4.78 is 6.82. The van der Waals surface area contributed by atoms with Crippen molar-refractivity contribution in [3.8, 4) is 0 Å². The molecule has 0 bridgehead atoms. The van der Waals surface area contributed by atoms with Gasteiger partial charge < -0.3 is 10.2 Å². The van der Waals surface area contributed by atoms with E-state index in [4.69, 9.17) is 21.8 Å². The third-order valence-corrected chi connectivity index (χ3v) is 4.51. The van der Waals surface area contributed by atoms with E-state index in [1.54, 1.807) is 11.3 Å². The Kier molecular flexibility index (Phi) is 3.20. The van der Waals surface area contributed by atoms with Crippen LogP contribution in [0.4, 0.5) is 0 Å². The second-order valence-corrected chi connectivity index (χ2v) is 6.72. The van der Waals surface area contributed by atoms with E-state index in [1.807, 2.05) is 35.7 Å². The maximum absolute atomic E-state index is 6.19. The summed E-state index contributed by atoms with van der Waals surface area (Å²) in [6.45, 7) is 0. The fraction of sp³-hybridized carbons (Fsp3) is 0.0769. The molecule has 1 unspecified atom stereocenters. The fourth-order valence-corrected chi connectivity index (χ4v) is 3.23. The van der Waals surface area contributed by atoms with E-state index >= 15 is 0 Å². The van der Waals surface area contributed by atoms with Gasteiger partial charge in [0.1, 0.15) is 11.3 Å². The molecule has 18 heavy (non-hydrogen) atoms. The first-order chi connectivity index (χ1) is 8.63. The molecule has 3 rings (SSSR count). The Morgan fingerprint density at radius 1 is 1.28 bits per heavy atom. The van der Waals surface area contributed by atoms with Gasteiger partial charge in [-0.25, -0.2) is 0 Å². The third-order valence-electron chi connectivity index (χ3n) is 2.75. The summed E-state index contributed by atoms with van der Waals surface area (Å²) in [7, 11) is 0. The van der Waals surface area contributed by atoms with Crippen molar-refractivity contribution in [3.05, 3.63) is 55.8 Å². The highest BCUT2D eigenvalue weighted by Crippen LogP contribution is 2.31. The molecule has 2 N–H and O–H groups in total. The Hall–Kier alpha value is -0.810. The van der Waals surface area contributed by atoms with Crippen LogP contribution in [0.3, 0.4) is 0 Å². The van der Waals surface area contributed by atoms with Gasteiger partial charge in [0, 0.05) is 10.4 Å². The van der Waals surface area contributed by atoms with Crippen LogP contribution in [0.5, 0.6) is 0 Å². The summed E-state index contributed by atoms with van der Waals surface area (Å²) in [5.74, 6) is 0.748. The van der Waals surface area contributed by atoms with E-state index in [-0.39, 0.29) is 6.04 Å². The third kappa shape index (κ3) is 2.21. The molecule has 0 saturated heterocycles. The van der Waals surface area contributed by atoms with Crippen molar-refractivity contribution in [2.75, 3.05) is 0 Å². The predicted molar refractivity (Wildman–Crippen MR) is 79.3 cm³/mol. The second kappa shape index (κ2) is 4.70. The lowest BCUT2D eigenvalue weighted by atomic mass is 10.1. The van der Waals surface area contributed by atoms with Crippen LogP contribution in [0, 0.1) is 0 Å². The summed E-state index contributed by atoms with van der Waals surface area (Å²) in [6.07, 6.45) is 0. The van der Waals surface area contributed by atoms with Crippen LogP contribution in [0.25, 0.3) is 11.0 Å². The highest BCUT2D eigenvalue weighted by molar-refractivity contribution is 9.11. The Bertz CT molecular complexity index is 706. The minimum absolute atomic E-state index is 0.251. The van der Waals surface area contributed by atoms with Gasteiger partial charge in [0.2, 0.25) is 0 Å². The van der Waals surface area contributed by atoms with Crippen molar-refractivity contribution in [1.29, 1.82) is 0 Å². The summed E-state index contributed by atoms with van der Waals surface area (Å²) >= 11 is 11.0. The molecule has 0 aliphatic carbocycles. The highest BCUT2D eigenvalue weighted by Gasteiger charge is 2.15. The first-order valence-electron chi connectivity index (χ1n) is 5.32. The Morgan fingerprint density at radius 2 is 2.11 bits per heavy atom. The number of furan rings is 1. The standard InChI is InChI=1S/C13H9BrClNOS/c14-12-5-8(6-18-12)13(16)11-4-7-3-9(15)1-2-10(7)17-11/h1-6,13H,16H2. The predicted octanol–water partition coefficient (Wildman–Crippen LogP) is 4.96. The Morgan fingerprint density at radius 3 is 2.83 bits per heavy atom. The Labute approximate surface area is 121 Å². The van der Waals surface area contributed by atoms with Crippen molar-refractivity contribution in [1.82, 2.24) is 0 Å². The first kappa shape index (κ1) is 12.2. The number of halogens is 2. The molecule has 0 saturated carbocycles. The molecule has 2 aromatic heterocycles. The number of benzene rings is 1. The van der Waals surface area contributed by atoms with E-state index in [9.17, 15) is 0 Å². The zero-order valence-electron chi connectivity index (χ0n) is 9.19. The summed E-state index contributed by atoms with van der Waals surface area (Å²) in [5.41, 5.74) is 8.03. The van der Waals surface area contributed by atoms with Crippen LogP contribution >= 0.6 is 38.9 Å². The molecule has 0 fully saturated rings. The molecule has 0 spiro atoms. The minimum Gasteiger partial charge on any atom is -0.459 e. The van der Waals surface area contributed by atoms with Crippen LogP contribution in [0.2, 0.25) is 5.02 Å². The van der Waals surface area contributed by atoms with Crippen LogP contribution < -0.4 is 5.73 Å². The average Bonchev–Trinajstić information content (AvgIpc) is 2.93. The minimum atomic E-state index is -0.251. The molecule has 1 atom stereocenters. The van der Waals surface area contributed by atoms with Crippen molar-refractivity contribution in [3.63, 3.8) is 0 Å². The summed E-state index contributed by atoms with van der Waals surface area (Å²) in [4.78, 5) is 0. The normalized spacial score (nSPS) is 13.1. The van der Waals surface area contributed by atoms with Gasteiger partial charge in [-0.15, -0.1) is 11.3 Å². The van der Waals surface area contributed by atoms with Gasteiger partial charge in [0.25, 0.3) is 0 Å². The molecule has 2 nitrogen and oxygen atoms in total. The fourth-order valence-electron chi connectivity index (χ4n) is 1.84. The number of rotatable bonds is 2. The maximum atomic E-state index is 6.19. The van der Waals surface area contributed by atoms with Crippen LogP contribution in [0.15, 0.2) is 43.9 Å². The van der Waals surface area contributed by atoms with Gasteiger partial charge >= 0.3 is 0 Å². The van der Waals surface area contributed by atoms with E-state index in [0.29, 0.717) is 5.02 Å². The summed E-state index contributed by atoms with van der Waals surface area (Å²) in [6, 6.07) is 9.24. The number of hydrogen-bond acceptors (Lipinski definition) is 3. The maximum Gasteiger partial charge on any atom is 0.134 e. The van der Waals surface area contributed by atoms with Crippen LogP contribution in [-0.2, 0) is 0 Å². The highest BCUT2D eigenvalue weighted by atomic mass is 79.9. The number of thiophene rings is 1. The molecular formula is C13H9BrClNOS. The molecule has 3 aromatic rings. The number of fused-ring (bicyclic) bond motifs is 1. The lowest BCUT2D eigenvalue weighted by Gasteiger charge is -2.05. The molecule has 92 valence electrons. The van der Waals surface area contributed by atoms with Crippen molar-refractivity contribution < 1.29 is 4.42 Å². The van der Waals surface area contributed by atoms with E-state index in [2.05, 4.69) is 15.9 Å². The lowest BCUT2D eigenvalue weighted by molar-refractivity contribution is 0.525. The van der Waals surface area contributed by atoms with Crippen molar-refractivity contribution >= 4 is 49.8 Å². The number of hydrogen-bond donors (Lipinski definition) is 1. The zero-order valence-corrected chi connectivity index (χ0v) is 12.3. The number of nitrogens with two attached hydrogens (primary N) is 1. The molecule has 0 aliphatic heterocycles. The van der Waals surface area contributed by atoms with E-state index < -0.39 is 0 Å². The first-order valence-corrected chi connectivity index (χ1v) is 7.37. The SMILES string of the molecule is NC(c1csc(Br)c1)c1cc2cc(Cl)ccc2o1. The zero-order chi connectivity index (χ0) is 12.7. The van der Waals surface area contributed by atoms with Gasteiger partial charge in [-0.1, -0.05) is 11.6 Å². The smallest absolute Gasteiger partial charge is 0.134 e. The van der Waals surface area contributed by atoms with E-state index in [0.717, 1.165) is 26.1 Å². The molecule has 2 heterocycles. The molecule has 5 heteroatoms. The quantitative estimate of drug-likeness (QED) is 0.715. The topological polar surface area (TPSA) is 39.2 Å². The average molecular weight is 343 g/mol. The van der Waals surface area contributed by atoms with Gasteiger partial charge in [0.15, 0.2) is 0 Å². The van der Waals surface area contributed by atoms with E-state index in [1.165, 1.54) is 0 Å². The largest absolute Gasteiger partial charge is 0.459 e. The van der Waals surface area contributed by atoms with Crippen molar-refractivity contribution in [2.24, 2.45) is 5.73 Å². The van der Waals surface area contributed by atoms with Crippen molar-refractivity contribution in [2.45, 2.75) is 6.04 Å². The Balaban J connectivity index is 2.03. The molecule has 0 amide bonds. The molecule has 0 aliphatic rings. The van der Waals surface area contributed by atoms with Crippen LogP contribution in [0.1, 0.15) is 17.4 Å². The van der Waals surface area contributed by atoms with Crippen LogP contribution in [-0.4, -0.2) is 0 Å². The lowest BCUT2D eigenvalue weighted by Crippen LogP contribution is -2.09. The van der Waals surface area contributed by atoms with Gasteiger partial charge in [-0.2, -0.15) is 0 Å². The molecular weight excluding hydrogens is 334 g/mol. The summed E-state index contributed by atoms with van der Waals surface area (Å²) in [5, 5.41) is 3.69. The van der Waals surface area contributed by atoms with Gasteiger partial charge in [0.05, 0.1) is 9.83 Å².